The normalized spacial score (nSPS) is 9.50. The first-order valence-electron chi connectivity index (χ1n) is 3.33. The third-order valence-corrected chi connectivity index (χ3v) is 1.48. The molecule has 0 aliphatic rings. The van der Waals surface area contributed by atoms with Gasteiger partial charge in [0.2, 0.25) is 5.91 Å². The average Bonchev–Trinajstić information content (AvgIpc) is 2.50. The predicted octanol–water partition coefficient (Wildman–Crippen LogP) is -0.150. The quantitative estimate of drug-likeness (QED) is 0.664. The van der Waals surface area contributed by atoms with Crippen molar-refractivity contribution in [1.82, 2.24) is 9.97 Å². The summed E-state index contributed by atoms with van der Waals surface area (Å²) < 4.78 is 0. The maximum absolute atomic E-state index is 10.8. The summed E-state index contributed by atoms with van der Waals surface area (Å²) in [5.41, 5.74) is 0. The lowest BCUT2D eigenvalue weighted by Gasteiger charge is -2.09. The predicted molar refractivity (Wildman–Crippen MR) is 42.5 cm³/mol. The molecule has 1 amide bonds. The number of carbonyl (C=O) groups excluding carboxylic acids is 2. The van der Waals surface area contributed by atoms with E-state index in [0.29, 0.717) is 5.82 Å². The fourth-order valence-corrected chi connectivity index (χ4v) is 0.697. The molecule has 0 atom stereocenters. The molecule has 1 radical (unpaired) electrons. The number of aromatic nitrogens is 2. The van der Waals surface area contributed by atoms with Crippen LogP contribution in [-0.2, 0) is 9.59 Å². The van der Waals surface area contributed by atoms with Gasteiger partial charge in [0.1, 0.15) is 0 Å². The molecular formula is C7H8N3O2. The lowest BCUT2D eigenvalue weighted by atomic mass is 10.5. The van der Waals surface area contributed by atoms with Gasteiger partial charge in [0.05, 0.1) is 0 Å². The number of hydrogen-bond donors (Lipinski definition) is 1. The van der Waals surface area contributed by atoms with Crippen molar-refractivity contribution in [3.8, 4) is 0 Å². The highest BCUT2D eigenvalue weighted by atomic mass is 16.2. The molecule has 0 aliphatic carbocycles. The molecule has 0 saturated heterocycles. The number of carbonyl (C=O) groups is 1. The van der Waals surface area contributed by atoms with E-state index in [1.54, 1.807) is 13.3 Å². The molecule has 1 aromatic heterocycles. The number of hydrogen-bond acceptors (Lipinski definition) is 3. The molecule has 0 fully saturated rings. The Bertz CT molecular complexity index is 305. The summed E-state index contributed by atoms with van der Waals surface area (Å²) in [7, 11) is 1.58. The highest BCUT2D eigenvalue weighted by Gasteiger charge is 2.08. The molecule has 1 rings (SSSR count). The number of rotatable bonds is 2. The van der Waals surface area contributed by atoms with E-state index in [9.17, 15) is 9.59 Å². The standard InChI is InChI=1S/C7H8N3O2/c1-5(12)10(2)7-3-8-6(4-11)9-7/h3H,1-2H3,(H,8,9). The lowest BCUT2D eigenvalue weighted by molar-refractivity contribution is -0.116. The molecule has 5 heteroatoms. The van der Waals surface area contributed by atoms with Crippen LogP contribution in [-0.4, -0.2) is 29.2 Å². The van der Waals surface area contributed by atoms with E-state index in [0.717, 1.165) is 0 Å². The van der Waals surface area contributed by atoms with Crippen LogP contribution in [0.4, 0.5) is 5.82 Å². The van der Waals surface area contributed by atoms with E-state index < -0.39 is 0 Å². The molecule has 0 saturated carbocycles. The summed E-state index contributed by atoms with van der Waals surface area (Å²) in [5, 5.41) is 0. The van der Waals surface area contributed by atoms with Crippen LogP contribution in [0.15, 0.2) is 6.20 Å². The van der Waals surface area contributed by atoms with E-state index in [-0.39, 0.29) is 11.7 Å². The van der Waals surface area contributed by atoms with Crippen LogP contribution in [0.5, 0.6) is 0 Å². The number of amides is 1. The van der Waals surface area contributed by atoms with Gasteiger partial charge in [-0.1, -0.05) is 0 Å². The van der Waals surface area contributed by atoms with Crippen molar-refractivity contribution in [3.05, 3.63) is 12.0 Å². The van der Waals surface area contributed by atoms with Gasteiger partial charge in [0, 0.05) is 20.2 Å². The van der Waals surface area contributed by atoms with Gasteiger partial charge in [-0.25, -0.2) is 4.98 Å². The zero-order valence-electron chi connectivity index (χ0n) is 6.79. The van der Waals surface area contributed by atoms with Crippen LogP contribution in [0.25, 0.3) is 0 Å². The van der Waals surface area contributed by atoms with Gasteiger partial charge >= 0.3 is 0 Å². The molecule has 63 valence electrons. The summed E-state index contributed by atoms with van der Waals surface area (Å²) in [4.78, 5) is 28.6. The Kier molecular flexibility index (Phi) is 2.23. The third kappa shape index (κ3) is 1.50. The van der Waals surface area contributed by atoms with Gasteiger partial charge in [-0.05, 0) is 0 Å². The number of aromatic amines is 1. The Labute approximate surface area is 69.4 Å². The summed E-state index contributed by atoms with van der Waals surface area (Å²) in [6.07, 6.45) is 3.06. The fraction of sp³-hybridized carbons (Fsp3) is 0.286. The summed E-state index contributed by atoms with van der Waals surface area (Å²) in [6, 6.07) is 0. The highest BCUT2D eigenvalue weighted by molar-refractivity contribution is 5.90. The zero-order valence-corrected chi connectivity index (χ0v) is 6.79. The highest BCUT2D eigenvalue weighted by Crippen LogP contribution is 2.07. The molecule has 5 nitrogen and oxygen atoms in total. The van der Waals surface area contributed by atoms with E-state index in [4.69, 9.17) is 0 Å². The largest absolute Gasteiger partial charge is 0.340 e. The topological polar surface area (TPSA) is 66.1 Å². The number of H-pyrrole nitrogens is 1. The van der Waals surface area contributed by atoms with Crippen molar-refractivity contribution in [3.63, 3.8) is 0 Å². The second kappa shape index (κ2) is 3.17. The van der Waals surface area contributed by atoms with Gasteiger partial charge in [0.25, 0.3) is 6.29 Å². The van der Waals surface area contributed by atoms with E-state index >= 15 is 0 Å². The minimum absolute atomic E-state index is 0.0955. The molecule has 0 spiro atoms. The Morgan fingerprint density at radius 1 is 1.75 bits per heavy atom. The number of nitrogens with zero attached hydrogens (tertiary/aromatic N) is 2. The van der Waals surface area contributed by atoms with Crippen molar-refractivity contribution in [2.45, 2.75) is 6.92 Å². The third-order valence-electron chi connectivity index (χ3n) is 1.48. The Hall–Kier alpha value is -1.65. The fourth-order valence-electron chi connectivity index (χ4n) is 0.697. The zero-order chi connectivity index (χ0) is 9.14. The second-order valence-corrected chi connectivity index (χ2v) is 2.29. The van der Waals surface area contributed by atoms with Gasteiger partial charge in [-0.3, -0.25) is 14.5 Å². The van der Waals surface area contributed by atoms with Crippen molar-refractivity contribution in [1.29, 1.82) is 0 Å². The summed E-state index contributed by atoms with van der Waals surface area (Å²) >= 11 is 0. The minimum Gasteiger partial charge on any atom is -0.340 e. The lowest BCUT2D eigenvalue weighted by Crippen LogP contribution is -2.23. The van der Waals surface area contributed by atoms with Crippen LogP contribution < -0.4 is 4.90 Å². The van der Waals surface area contributed by atoms with Crippen LogP contribution in [0.1, 0.15) is 12.7 Å². The van der Waals surface area contributed by atoms with Crippen LogP contribution in [0.3, 0.4) is 0 Å². The molecule has 1 aromatic rings. The molecule has 0 bridgehead atoms. The average molecular weight is 166 g/mol. The Morgan fingerprint density at radius 2 is 2.42 bits per heavy atom. The van der Waals surface area contributed by atoms with E-state index in [2.05, 4.69) is 9.97 Å². The molecule has 0 unspecified atom stereocenters. The Balaban J connectivity index is 2.88. The van der Waals surface area contributed by atoms with E-state index in [1.807, 2.05) is 0 Å². The first-order valence-corrected chi connectivity index (χ1v) is 3.33. The van der Waals surface area contributed by atoms with Crippen LogP contribution in [0.2, 0.25) is 0 Å². The first-order chi connectivity index (χ1) is 5.65. The Morgan fingerprint density at radius 3 is 2.83 bits per heavy atom. The molecule has 1 N–H and O–H groups in total. The van der Waals surface area contributed by atoms with Gasteiger partial charge in [0.15, 0.2) is 11.6 Å². The number of anilines is 1. The van der Waals surface area contributed by atoms with Gasteiger partial charge in [-0.15, -0.1) is 0 Å². The van der Waals surface area contributed by atoms with Gasteiger partial charge in [-0.2, -0.15) is 0 Å². The van der Waals surface area contributed by atoms with Crippen LogP contribution in [0, 0.1) is 0 Å². The van der Waals surface area contributed by atoms with E-state index in [1.165, 1.54) is 18.0 Å². The van der Waals surface area contributed by atoms with Gasteiger partial charge < -0.3 is 4.98 Å². The smallest absolute Gasteiger partial charge is 0.272 e. The van der Waals surface area contributed by atoms with Crippen molar-refractivity contribution in [2.24, 2.45) is 0 Å². The summed E-state index contributed by atoms with van der Waals surface area (Å²) in [5.74, 6) is 0.373. The number of nitrogens with one attached hydrogen (secondary N) is 1. The maximum Gasteiger partial charge on any atom is 0.272 e. The molecule has 0 aromatic carbocycles. The molecule has 12 heavy (non-hydrogen) atoms. The SMILES string of the molecule is CC(=O)N(C)c1c[nH]c([C]=O)n1. The molecular weight excluding hydrogens is 158 g/mol. The second-order valence-electron chi connectivity index (χ2n) is 2.29. The molecule has 1 heterocycles. The minimum atomic E-state index is -0.140. The van der Waals surface area contributed by atoms with Crippen LogP contribution >= 0.6 is 0 Å². The molecule has 0 aliphatic heterocycles. The maximum atomic E-state index is 10.8. The first kappa shape index (κ1) is 8.45. The van der Waals surface area contributed by atoms with Crippen molar-refractivity contribution >= 4 is 18.0 Å². The number of imidazole rings is 1. The van der Waals surface area contributed by atoms with Crippen molar-refractivity contribution in [2.75, 3.05) is 11.9 Å². The summed E-state index contributed by atoms with van der Waals surface area (Å²) in [6.45, 7) is 1.42. The van der Waals surface area contributed by atoms with Crippen molar-refractivity contribution < 1.29 is 9.59 Å². The monoisotopic (exact) mass is 166 g/mol.